The molecule has 39 heavy (non-hydrogen) atoms. The summed E-state index contributed by atoms with van der Waals surface area (Å²) in [5.74, 6) is -0.0842. The van der Waals surface area contributed by atoms with Gasteiger partial charge in [-0.05, 0) is 80.6 Å². The van der Waals surface area contributed by atoms with Gasteiger partial charge in [-0.3, -0.25) is 4.18 Å². The van der Waals surface area contributed by atoms with Gasteiger partial charge in [0.25, 0.3) is 10.1 Å². The third kappa shape index (κ3) is 14.1. The van der Waals surface area contributed by atoms with Gasteiger partial charge >= 0.3 is 18.5 Å². The zero-order valence-electron chi connectivity index (χ0n) is 21.2. The number of carbonyl (C=O) groups excluding carboxylic acids is 2. The molecule has 0 aromatic heterocycles. The molecule has 0 saturated heterocycles. The number of benzene rings is 2. The molecule has 0 fully saturated rings. The molecule has 0 radical (unpaired) electrons. The van der Waals surface area contributed by atoms with Crippen LogP contribution in [0.3, 0.4) is 0 Å². The maximum absolute atomic E-state index is 12.2. The Morgan fingerprint density at radius 1 is 0.974 bits per heavy atom. The molecular formula is C23H26F3IN2O9S. The quantitative estimate of drug-likeness (QED) is 0.166. The number of ether oxygens (including phenoxy) is 4. The van der Waals surface area contributed by atoms with E-state index in [9.17, 15) is 31.2 Å². The summed E-state index contributed by atoms with van der Waals surface area (Å²) in [6, 6.07) is 9.79. The molecule has 0 saturated carbocycles. The molecule has 0 aliphatic heterocycles. The fourth-order valence-electron chi connectivity index (χ4n) is 2.37. The van der Waals surface area contributed by atoms with Crippen molar-refractivity contribution >= 4 is 44.9 Å². The van der Waals surface area contributed by atoms with Crippen LogP contribution in [0.2, 0.25) is 0 Å². The van der Waals surface area contributed by atoms with Gasteiger partial charge in [0.15, 0.2) is 0 Å². The molecule has 2 rings (SSSR count). The molecule has 2 aromatic carbocycles. The smallest absolute Gasteiger partial charge is 0.487 e. The Morgan fingerprint density at radius 3 is 1.97 bits per heavy atom. The van der Waals surface area contributed by atoms with Crippen molar-refractivity contribution in [2.75, 3.05) is 19.8 Å². The van der Waals surface area contributed by atoms with E-state index in [2.05, 4.69) is 24.4 Å². The molecule has 0 bridgehead atoms. The van der Waals surface area contributed by atoms with Crippen molar-refractivity contribution in [3.63, 3.8) is 0 Å². The van der Waals surface area contributed by atoms with Crippen molar-refractivity contribution in [2.45, 2.75) is 45.1 Å². The number of azo groups is 1. The second kappa shape index (κ2) is 16.2. The minimum Gasteiger partial charge on any atom is -0.487 e. The number of aryl methyl sites for hydroxylation is 1. The van der Waals surface area contributed by atoms with Gasteiger partial charge in [-0.15, -0.1) is 13.2 Å². The molecule has 0 aliphatic carbocycles. The van der Waals surface area contributed by atoms with Crippen LogP contribution in [0.5, 0.6) is 11.5 Å². The largest absolute Gasteiger partial charge is 0.573 e. The summed E-state index contributed by atoms with van der Waals surface area (Å²) in [6.45, 7) is 6.80. The van der Waals surface area contributed by atoms with Gasteiger partial charge in [-0.1, -0.05) is 27.9 Å². The van der Waals surface area contributed by atoms with E-state index in [1.807, 2.05) is 6.92 Å². The predicted octanol–water partition coefficient (Wildman–Crippen LogP) is 6.42. The van der Waals surface area contributed by atoms with E-state index >= 15 is 0 Å². The number of carbonyl (C=O) groups is 2. The van der Waals surface area contributed by atoms with Crippen molar-refractivity contribution in [1.82, 2.24) is 0 Å². The van der Waals surface area contributed by atoms with Gasteiger partial charge in [0.05, 0.1) is 21.7 Å². The van der Waals surface area contributed by atoms with Crippen LogP contribution in [0.25, 0.3) is 0 Å². The number of rotatable bonds is 9. The molecule has 11 nitrogen and oxygen atoms in total. The Labute approximate surface area is 236 Å². The summed E-state index contributed by atoms with van der Waals surface area (Å²) in [5.41, 5.74) is 0.915. The summed E-state index contributed by atoms with van der Waals surface area (Å²) < 4.78 is 84.4. The fraction of sp³-hybridized carbons (Fsp3) is 0.391. The summed E-state index contributed by atoms with van der Waals surface area (Å²) >= 11 is 1.80. The highest BCUT2D eigenvalue weighted by molar-refractivity contribution is 14.1. The average molecular weight is 690 g/mol. The van der Waals surface area contributed by atoms with E-state index in [0.29, 0.717) is 3.57 Å². The van der Waals surface area contributed by atoms with Crippen LogP contribution in [-0.4, -0.2) is 52.9 Å². The van der Waals surface area contributed by atoms with Crippen molar-refractivity contribution in [3.05, 3.63) is 51.6 Å². The SMILES string of the molecule is CCOC(=O)/N=N/C(=O)OCC.Cc1ccc(S(=O)(=O)OCC(C)Oc2ccc(OC(F)(F)F)cc2I)cc1. The molecule has 0 aliphatic rings. The van der Waals surface area contributed by atoms with Gasteiger partial charge in [0, 0.05) is 0 Å². The highest BCUT2D eigenvalue weighted by atomic mass is 127. The summed E-state index contributed by atoms with van der Waals surface area (Å²) in [5, 5.41) is 5.84. The third-order valence-electron chi connectivity index (χ3n) is 3.98. The zero-order chi connectivity index (χ0) is 29.6. The Balaban J connectivity index is 0.000000534. The molecule has 16 heteroatoms. The van der Waals surface area contributed by atoms with Crippen LogP contribution in [0.4, 0.5) is 22.8 Å². The third-order valence-corrected chi connectivity index (χ3v) is 6.12. The first kappa shape index (κ1) is 34.0. The van der Waals surface area contributed by atoms with Crippen LogP contribution >= 0.6 is 22.6 Å². The number of hydrogen-bond donors (Lipinski definition) is 0. The Hall–Kier alpha value is -2.99. The predicted molar refractivity (Wildman–Crippen MR) is 139 cm³/mol. The van der Waals surface area contributed by atoms with E-state index in [1.54, 1.807) is 55.5 Å². The molecule has 1 atom stereocenters. The molecule has 1 unspecified atom stereocenters. The Bertz CT molecular complexity index is 1200. The maximum Gasteiger partial charge on any atom is 0.573 e. The van der Waals surface area contributed by atoms with Crippen LogP contribution in [0.1, 0.15) is 26.3 Å². The van der Waals surface area contributed by atoms with Gasteiger partial charge in [0.1, 0.15) is 24.2 Å². The van der Waals surface area contributed by atoms with E-state index in [-0.39, 0.29) is 36.2 Å². The minimum absolute atomic E-state index is 0.0310. The highest BCUT2D eigenvalue weighted by Gasteiger charge is 2.31. The first-order valence-corrected chi connectivity index (χ1v) is 13.6. The van der Waals surface area contributed by atoms with Crippen LogP contribution < -0.4 is 9.47 Å². The van der Waals surface area contributed by atoms with Gasteiger partial charge < -0.3 is 18.9 Å². The average Bonchev–Trinajstić information content (AvgIpc) is 2.83. The van der Waals surface area contributed by atoms with Crippen LogP contribution in [0.15, 0.2) is 57.6 Å². The topological polar surface area (TPSA) is 139 Å². The maximum atomic E-state index is 12.2. The van der Waals surface area contributed by atoms with Crippen molar-refractivity contribution in [1.29, 1.82) is 0 Å². The van der Waals surface area contributed by atoms with E-state index < -0.39 is 34.8 Å². The number of hydrogen-bond acceptors (Lipinski definition) is 9. The zero-order valence-corrected chi connectivity index (χ0v) is 24.2. The lowest BCUT2D eigenvalue weighted by molar-refractivity contribution is -0.274. The van der Waals surface area contributed by atoms with Crippen molar-refractivity contribution < 1.29 is 54.3 Å². The van der Waals surface area contributed by atoms with Gasteiger partial charge in [0.2, 0.25) is 0 Å². The van der Waals surface area contributed by atoms with Gasteiger partial charge in [-0.2, -0.15) is 8.42 Å². The molecule has 0 N–H and O–H groups in total. The second-order valence-corrected chi connectivity index (χ2v) is 10.00. The van der Waals surface area contributed by atoms with Crippen molar-refractivity contribution in [3.8, 4) is 11.5 Å². The Morgan fingerprint density at radius 2 is 1.51 bits per heavy atom. The monoisotopic (exact) mass is 690 g/mol. The van der Waals surface area contributed by atoms with Crippen molar-refractivity contribution in [2.24, 2.45) is 10.2 Å². The lowest BCUT2D eigenvalue weighted by Gasteiger charge is -2.17. The summed E-state index contributed by atoms with van der Waals surface area (Å²) in [7, 11) is -3.93. The highest BCUT2D eigenvalue weighted by Crippen LogP contribution is 2.30. The summed E-state index contributed by atoms with van der Waals surface area (Å²) in [6.07, 6.45) is -7.24. The Kier molecular flexibility index (Phi) is 14.1. The fourth-order valence-corrected chi connectivity index (χ4v) is 3.96. The molecule has 0 heterocycles. The van der Waals surface area contributed by atoms with E-state index in [4.69, 9.17) is 8.92 Å². The first-order valence-electron chi connectivity index (χ1n) is 11.1. The lowest BCUT2D eigenvalue weighted by Crippen LogP contribution is -2.22. The number of amides is 2. The van der Waals surface area contributed by atoms with Crippen LogP contribution in [-0.2, 0) is 23.8 Å². The second-order valence-electron chi connectivity index (χ2n) is 7.22. The molecule has 216 valence electrons. The molecule has 0 spiro atoms. The number of halogens is 4. The molecular weight excluding hydrogens is 664 g/mol. The lowest BCUT2D eigenvalue weighted by atomic mass is 10.2. The standard InChI is InChI=1S/C17H16F3IO5S.C6H10N2O4/c1-11-3-6-14(7-4-11)27(22,23)24-10-12(2)25-16-8-5-13(9-15(16)21)26-17(18,19)20;1-3-11-5(9)7-8-6(10)12-4-2/h3-9,12H,10H2,1-2H3;3-4H2,1-2H3/b;8-7+. The van der Waals surface area contributed by atoms with Gasteiger partial charge in [-0.25, -0.2) is 9.59 Å². The molecule has 2 amide bonds. The number of nitrogens with zero attached hydrogens (tertiary/aromatic N) is 2. The minimum atomic E-state index is -4.78. The van der Waals surface area contributed by atoms with E-state index in [1.165, 1.54) is 24.3 Å². The number of alkyl halides is 3. The normalized spacial score (nSPS) is 12.2. The molecule has 2 aromatic rings. The first-order chi connectivity index (χ1) is 18.2. The summed E-state index contributed by atoms with van der Waals surface area (Å²) in [4.78, 5) is 21.0. The van der Waals surface area contributed by atoms with E-state index in [0.717, 1.165) is 11.6 Å². The van der Waals surface area contributed by atoms with Crippen LogP contribution in [0, 0.1) is 10.5 Å².